The van der Waals surface area contributed by atoms with E-state index in [9.17, 15) is 0 Å². The minimum atomic E-state index is 0.634. The molecule has 0 fully saturated rings. The maximum Gasteiger partial charge on any atom is 0.0951 e. The molecule has 0 atom stereocenters. The van der Waals surface area contributed by atoms with Crippen LogP contribution in [0.4, 0.5) is 0 Å². The Labute approximate surface area is 102 Å². The fraction of sp³-hybridized carbons (Fsp3) is 0.357. The van der Waals surface area contributed by atoms with Gasteiger partial charge in [0, 0.05) is 19.0 Å². The van der Waals surface area contributed by atoms with Crippen LogP contribution in [0.5, 0.6) is 0 Å². The Kier molecular flexibility index (Phi) is 3.29. The van der Waals surface area contributed by atoms with Gasteiger partial charge in [0.25, 0.3) is 0 Å². The zero-order valence-electron chi connectivity index (χ0n) is 10.7. The molecule has 0 radical (unpaired) electrons. The normalized spacial score (nSPS) is 10.8. The van der Waals surface area contributed by atoms with Crippen molar-refractivity contribution in [2.45, 2.75) is 20.3 Å². The van der Waals surface area contributed by atoms with E-state index in [2.05, 4.69) is 41.6 Å². The van der Waals surface area contributed by atoms with Crippen LogP contribution in [0.2, 0.25) is 0 Å². The number of aromatic nitrogens is 2. The summed E-state index contributed by atoms with van der Waals surface area (Å²) < 4.78 is 2.08. The van der Waals surface area contributed by atoms with Crippen LogP contribution in [-0.4, -0.2) is 16.1 Å². The molecule has 2 N–H and O–H groups in total. The van der Waals surface area contributed by atoms with E-state index in [0.29, 0.717) is 6.54 Å². The molecule has 0 bridgehead atoms. The summed E-state index contributed by atoms with van der Waals surface area (Å²) in [5.74, 6) is 0. The monoisotopic (exact) mass is 229 g/mol. The maximum atomic E-state index is 5.64. The molecule has 0 spiro atoms. The van der Waals surface area contributed by atoms with E-state index in [-0.39, 0.29) is 0 Å². The molecule has 2 rings (SSSR count). The maximum absolute atomic E-state index is 5.64. The molecule has 0 saturated heterocycles. The molecule has 0 saturated carbocycles. The van der Waals surface area contributed by atoms with Crippen molar-refractivity contribution in [1.82, 2.24) is 9.55 Å². The number of hydrogen-bond donors (Lipinski definition) is 1. The lowest BCUT2D eigenvalue weighted by molar-refractivity contribution is 0.915. The van der Waals surface area contributed by atoms with E-state index in [1.807, 2.05) is 13.4 Å². The number of rotatable bonds is 3. The Hall–Kier alpha value is -1.61. The van der Waals surface area contributed by atoms with Gasteiger partial charge >= 0.3 is 0 Å². The predicted octanol–water partition coefficient (Wildman–Crippen LogP) is 2.21. The molecule has 3 heteroatoms. The van der Waals surface area contributed by atoms with E-state index in [1.54, 1.807) is 0 Å². The van der Waals surface area contributed by atoms with Crippen LogP contribution in [0.1, 0.15) is 16.8 Å². The third-order valence-corrected chi connectivity index (χ3v) is 3.25. The fourth-order valence-corrected chi connectivity index (χ4v) is 2.15. The van der Waals surface area contributed by atoms with E-state index < -0.39 is 0 Å². The van der Waals surface area contributed by atoms with E-state index in [1.165, 1.54) is 22.4 Å². The van der Waals surface area contributed by atoms with Gasteiger partial charge in [-0.25, -0.2) is 4.98 Å². The first-order valence-corrected chi connectivity index (χ1v) is 5.92. The van der Waals surface area contributed by atoms with Gasteiger partial charge in [-0.3, -0.25) is 0 Å². The summed E-state index contributed by atoms with van der Waals surface area (Å²) in [5.41, 5.74) is 11.8. The molecule has 1 aromatic carbocycles. The lowest BCUT2D eigenvalue weighted by Gasteiger charge is -2.11. The molecule has 0 aliphatic carbocycles. The first-order chi connectivity index (χ1) is 8.15. The molecule has 17 heavy (non-hydrogen) atoms. The summed E-state index contributed by atoms with van der Waals surface area (Å²) in [7, 11) is 2.03. The zero-order valence-corrected chi connectivity index (χ0v) is 10.7. The van der Waals surface area contributed by atoms with Gasteiger partial charge in [-0.2, -0.15) is 0 Å². The summed E-state index contributed by atoms with van der Waals surface area (Å²) in [6, 6.07) is 6.38. The topological polar surface area (TPSA) is 43.8 Å². The van der Waals surface area contributed by atoms with E-state index in [0.717, 1.165) is 12.1 Å². The number of aryl methyl sites for hydroxylation is 2. The minimum Gasteiger partial charge on any atom is -0.334 e. The summed E-state index contributed by atoms with van der Waals surface area (Å²) in [6.07, 6.45) is 2.69. The third kappa shape index (κ3) is 2.11. The van der Waals surface area contributed by atoms with Gasteiger partial charge < -0.3 is 10.3 Å². The van der Waals surface area contributed by atoms with E-state index in [4.69, 9.17) is 5.73 Å². The molecule has 0 aliphatic heterocycles. The first-order valence-electron chi connectivity index (χ1n) is 5.92. The Morgan fingerprint density at radius 3 is 2.76 bits per heavy atom. The van der Waals surface area contributed by atoms with Crippen molar-refractivity contribution in [1.29, 1.82) is 0 Å². The lowest BCUT2D eigenvalue weighted by atomic mass is 9.99. The highest BCUT2D eigenvalue weighted by Gasteiger charge is 2.13. The average Bonchev–Trinajstić information content (AvgIpc) is 2.65. The van der Waals surface area contributed by atoms with Crippen LogP contribution in [0.15, 0.2) is 24.5 Å². The molecule has 0 unspecified atom stereocenters. The highest BCUT2D eigenvalue weighted by atomic mass is 15.0. The third-order valence-electron chi connectivity index (χ3n) is 3.25. The van der Waals surface area contributed by atoms with Gasteiger partial charge in [-0.15, -0.1) is 0 Å². The molecule has 2 aromatic rings. The highest BCUT2D eigenvalue weighted by Crippen LogP contribution is 2.27. The lowest BCUT2D eigenvalue weighted by Crippen LogP contribution is -2.05. The molecule has 1 heterocycles. The van der Waals surface area contributed by atoms with Crippen molar-refractivity contribution in [3.63, 3.8) is 0 Å². The summed E-state index contributed by atoms with van der Waals surface area (Å²) in [4.78, 5) is 4.44. The number of hydrogen-bond acceptors (Lipinski definition) is 2. The van der Waals surface area contributed by atoms with Gasteiger partial charge in [0.2, 0.25) is 0 Å². The Bertz CT molecular complexity index is 526. The Balaban J connectivity index is 2.59. The van der Waals surface area contributed by atoms with Crippen molar-refractivity contribution in [2.75, 3.05) is 6.54 Å². The molecule has 0 aliphatic rings. The fourth-order valence-electron chi connectivity index (χ4n) is 2.15. The first kappa shape index (κ1) is 11.9. The second-order valence-corrected chi connectivity index (χ2v) is 4.44. The van der Waals surface area contributed by atoms with Crippen LogP contribution < -0.4 is 5.73 Å². The van der Waals surface area contributed by atoms with Crippen molar-refractivity contribution < 1.29 is 0 Å². The Morgan fingerprint density at radius 1 is 1.29 bits per heavy atom. The SMILES string of the molecule is Cc1cccc(-c2c(CCN)ncn2C)c1C. The Morgan fingerprint density at radius 2 is 2.06 bits per heavy atom. The van der Waals surface area contributed by atoms with Gasteiger partial charge in [-0.1, -0.05) is 18.2 Å². The largest absolute Gasteiger partial charge is 0.334 e. The second kappa shape index (κ2) is 4.72. The molecular weight excluding hydrogens is 210 g/mol. The number of nitrogens with two attached hydrogens (primary N) is 1. The van der Waals surface area contributed by atoms with Crippen LogP contribution >= 0.6 is 0 Å². The van der Waals surface area contributed by atoms with Crippen LogP contribution in [-0.2, 0) is 13.5 Å². The minimum absolute atomic E-state index is 0.634. The van der Waals surface area contributed by atoms with Crippen molar-refractivity contribution in [3.8, 4) is 11.3 Å². The van der Waals surface area contributed by atoms with Gasteiger partial charge in [0.15, 0.2) is 0 Å². The number of nitrogens with zero attached hydrogens (tertiary/aromatic N) is 2. The highest BCUT2D eigenvalue weighted by molar-refractivity contribution is 5.67. The molecule has 1 aromatic heterocycles. The van der Waals surface area contributed by atoms with Crippen molar-refractivity contribution >= 4 is 0 Å². The number of benzene rings is 1. The quantitative estimate of drug-likeness (QED) is 0.877. The standard InChI is InChI=1S/C14H19N3/c1-10-5-4-6-12(11(10)2)14-13(7-8-15)16-9-17(14)3/h4-6,9H,7-8,15H2,1-3H3. The van der Waals surface area contributed by atoms with Gasteiger partial charge in [0.05, 0.1) is 17.7 Å². The van der Waals surface area contributed by atoms with Crippen LogP contribution in [0.3, 0.4) is 0 Å². The molecule has 3 nitrogen and oxygen atoms in total. The summed E-state index contributed by atoms with van der Waals surface area (Å²) >= 11 is 0. The molecule has 0 amide bonds. The predicted molar refractivity (Wildman–Crippen MR) is 70.9 cm³/mol. The van der Waals surface area contributed by atoms with Crippen LogP contribution in [0.25, 0.3) is 11.3 Å². The van der Waals surface area contributed by atoms with Crippen LogP contribution in [0, 0.1) is 13.8 Å². The molecular formula is C14H19N3. The van der Waals surface area contributed by atoms with E-state index >= 15 is 0 Å². The van der Waals surface area contributed by atoms with Crippen molar-refractivity contribution in [3.05, 3.63) is 41.3 Å². The van der Waals surface area contributed by atoms with Crippen molar-refractivity contribution in [2.24, 2.45) is 12.8 Å². The smallest absolute Gasteiger partial charge is 0.0951 e. The number of imidazole rings is 1. The summed E-state index contributed by atoms with van der Waals surface area (Å²) in [5, 5.41) is 0. The van der Waals surface area contributed by atoms with Gasteiger partial charge in [0.1, 0.15) is 0 Å². The average molecular weight is 229 g/mol. The summed E-state index contributed by atoms with van der Waals surface area (Å²) in [6.45, 7) is 4.93. The van der Waals surface area contributed by atoms with Gasteiger partial charge in [-0.05, 0) is 31.5 Å². The molecule has 90 valence electrons. The second-order valence-electron chi connectivity index (χ2n) is 4.44. The zero-order chi connectivity index (χ0) is 12.4.